The van der Waals surface area contributed by atoms with E-state index in [-0.39, 0.29) is 6.61 Å². The van der Waals surface area contributed by atoms with E-state index in [2.05, 4.69) is 4.84 Å². The summed E-state index contributed by atoms with van der Waals surface area (Å²) >= 11 is 0. The summed E-state index contributed by atoms with van der Waals surface area (Å²) in [7, 11) is 1.65. The molecule has 0 saturated heterocycles. The third-order valence-electron chi connectivity index (χ3n) is 0.623. The van der Waals surface area contributed by atoms with Crippen LogP contribution in [0.3, 0.4) is 0 Å². The molecule has 1 N–H and O–H groups in total. The molecular formula is C5H9NO2. The van der Waals surface area contributed by atoms with Crippen LogP contribution in [0, 0.1) is 12.5 Å². The van der Waals surface area contributed by atoms with Gasteiger partial charge in [0.25, 0.3) is 0 Å². The lowest BCUT2D eigenvalue weighted by Crippen LogP contribution is -2.19. The third kappa shape index (κ3) is 3.47. The highest BCUT2D eigenvalue weighted by Crippen LogP contribution is 1.78. The first-order valence-corrected chi connectivity index (χ1v) is 2.26. The Kier molecular flexibility index (Phi) is 4.04. The Balaban J connectivity index is 3.08. The van der Waals surface area contributed by atoms with Crippen molar-refractivity contribution < 1.29 is 9.94 Å². The average Bonchev–Trinajstić information content (AvgIpc) is 1.68. The summed E-state index contributed by atoms with van der Waals surface area (Å²) in [6.07, 6.45) is 6.73. The summed E-state index contributed by atoms with van der Waals surface area (Å²) in [5, 5.41) is 9.65. The molecule has 0 saturated carbocycles. The van der Waals surface area contributed by atoms with E-state index in [9.17, 15) is 0 Å². The molecule has 0 aromatic carbocycles. The largest absolute Gasteiger partial charge is 0.395 e. The Labute approximate surface area is 48.8 Å². The minimum Gasteiger partial charge on any atom is -0.395 e. The molecule has 0 unspecified atom stereocenters. The van der Waals surface area contributed by atoms with Crippen LogP contribution in [0.15, 0.2) is 0 Å². The van der Waals surface area contributed by atoms with E-state index in [0.717, 1.165) is 0 Å². The molecule has 0 aromatic heterocycles. The molecule has 46 valence electrons. The Hall–Kier alpha value is -0.720. The molecule has 0 radical (unpaired) electrons. The Bertz CT molecular complexity index is 86.9. The zero-order valence-corrected chi connectivity index (χ0v) is 4.79. The molecule has 0 aliphatic carbocycles. The molecule has 0 heterocycles. The van der Waals surface area contributed by atoms with E-state index >= 15 is 0 Å². The van der Waals surface area contributed by atoms with Crippen LogP contribution in [0.5, 0.6) is 0 Å². The Morgan fingerprint density at radius 2 is 2.50 bits per heavy atom. The van der Waals surface area contributed by atoms with Gasteiger partial charge in [-0.15, -0.1) is 5.06 Å². The third-order valence-corrected chi connectivity index (χ3v) is 0.623. The van der Waals surface area contributed by atoms with Gasteiger partial charge in [-0.3, -0.25) is 0 Å². The molecule has 0 amide bonds. The van der Waals surface area contributed by atoms with Gasteiger partial charge in [0.05, 0.1) is 13.2 Å². The fourth-order valence-electron chi connectivity index (χ4n) is 0.276. The number of hydrogen-bond donors (Lipinski definition) is 1. The molecule has 8 heavy (non-hydrogen) atoms. The second kappa shape index (κ2) is 4.44. The fraction of sp³-hybridized carbons (Fsp3) is 0.600. The van der Waals surface area contributed by atoms with Gasteiger partial charge in [-0.05, 0) is 0 Å². The maximum atomic E-state index is 8.27. The van der Waals surface area contributed by atoms with Crippen LogP contribution >= 0.6 is 0 Å². The Morgan fingerprint density at radius 1 is 1.88 bits per heavy atom. The topological polar surface area (TPSA) is 32.7 Å². The fourth-order valence-corrected chi connectivity index (χ4v) is 0.276. The molecule has 0 fully saturated rings. The van der Waals surface area contributed by atoms with E-state index in [4.69, 9.17) is 11.5 Å². The molecule has 0 aromatic rings. The van der Waals surface area contributed by atoms with Crippen LogP contribution in [0.1, 0.15) is 0 Å². The van der Waals surface area contributed by atoms with Gasteiger partial charge in [-0.1, -0.05) is 6.42 Å². The maximum absolute atomic E-state index is 8.27. The number of rotatable bonds is 3. The number of hydrogen-bond acceptors (Lipinski definition) is 3. The predicted octanol–water partition coefficient (Wildman–Crippen LogP) is -0.567. The van der Waals surface area contributed by atoms with Gasteiger partial charge in [0.1, 0.15) is 6.11 Å². The van der Waals surface area contributed by atoms with Gasteiger partial charge in [-0.25, -0.2) is 0 Å². The molecule has 3 nitrogen and oxygen atoms in total. The van der Waals surface area contributed by atoms with Gasteiger partial charge in [0.15, 0.2) is 0 Å². The number of nitrogens with zero attached hydrogens (tertiary/aromatic N) is 1. The molecule has 0 bridgehead atoms. The van der Waals surface area contributed by atoms with Crippen LogP contribution in [-0.2, 0) is 4.84 Å². The highest BCUT2D eigenvalue weighted by atomic mass is 16.7. The minimum absolute atomic E-state index is 0.0537. The normalized spacial score (nSPS) is 8.75. The second-order valence-electron chi connectivity index (χ2n) is 1.28. The van der Waals surface area contributed by atoms with Crippen molar-refractivity contribution in [1.29, 1.82) is 0 Å². The maximum Gasteiger partial charge on any atom is 0.134 e. The first kappa shape index (κ1) is 7.28. The van der Waals surface area contributed by atoms with Gasteiger partial charge in [-0.2, -0.15) is 0 Å². The second-order valence-corrected chi connectivity index (χ2v) is 1.28. The summed E-state index contributed by atoms with van der Waals surface area (Å²) in [6.45, 7) is 0.488. The van der Waals surface area contributed by atoms with E-state index in [1.165, 1.54) is 5.06 Å². The predicted molar refractivity (Wildman–Crippen MR) is 29.6 cm³/mol. The van der Waals surface area contributed by atoms with Crippen LogP contribution in [0.4, 0.5) is 0 Å². The average molecular weight is 115 g/mol. The summed E-state index contributed by atoms with van der Waals surface area (Å²) in [5.41, 5.74) is 0. The number of hydroxylamine groups is 2. The van der Waals surface area contributed by atoms with E-state index in [1.807, 2.05) is 6.11 Å². The van der Waals surface area contributed by atoms with Crippen molar-refractivity contribution in [2.45, 2.75) is 0 Å². The lowest BCUT2D eigenvalue weighted by atomic mass is 10.7. The van der Waals surface area contributed by atoms with Crippen LogP contribution < -0.4 is 0 Å². The summed E-state index contributed by atoms with van der Waals surface area (Å²) in [4.78, 5) is 4.48. The van der Waals surface area contributed by atoms with Crippen molar-refractivity contribution in [2.24, 2.45) is 0 Å². The first-order chi connectivity index (χ1) is 3.81. The quantitative estimate of drug-likeness (QED) is 0.395. The molecular weight excluding hydrogens is 106 g/mol. The number of likely N-dealkylation sites (N-methyl/N-ethyl adjacent to an activating group) is 1. The minimum atomic E-state index is 0.0537. The molecule has 3 heteroatoms. The van der Waals surface area contributed by atoms with Gasteiger partial charge >= 0.3 is 0 Å². The van der Waals surface area contributed by atoms with Crippen molar-refractivity contribution in [3.05, 3.63) is 0 Å². The number of terminal acetylenes is 1. The molecule has 0 rings (SSSR count). The monoisotopic (exact) mass is 115 g/mol. The molecule has 0 spiro atoms. The number of aliphatic hydroxyl groups is 1. The lowest BCUT2D eigenvalue weighted by molar-refractivity contribution is -0.0717. The first-order valence-electron chi connectivity index (χ1n) is 2.26. The smallest absolute Gasteiger partial charge is 0.134 e. The lowest BCUT2D eigenvalue weighted by Gasteiger charge is -2.08. The van der Waals surface area contributed by atoms with Crippen molar-refractivity contribution in [2.75, 3.05) is 20.2 Å². The Morgan fingerprint density at radius 3 is 2.88 bits per heavy atom. The highest BCUT2D eigenvalue weighted by molar-refractivity contribution is 4.66. The summed E-state index contributed by atoms with van der Waals surface area (Å²) in [6, 6.07) is 0. The van der Waals surface area contributed by atoms with Crippen molar-refractivity contribution in [3.8, 4) is 12.5 Å². The van der Waals surface area contributed by atoms with Crippen LogP contribution in [0.25, 0.3) is 0 Å². The molecule has 0 aliphatic rings. The van der Waals surface area contributed by atoms with Crippen molar-refractivity contribution in [3.63, 3.8) is 0 Å². The van der Waals surface area contributed by atoms with Crippen molar-refractivity contribution >= 4 is 0 Å². The molecule has 0 aliphatic heterocycles. The standard InChI is InChI=1S/C5H9NO2/c1-3-8-6(2)4-5-7/h1,7H,4-5H2,2H3. The van der Waals surface area contributed by atoms with Crippen molar-refractivity contribution in [1.82, 2.24) is 5.06 Å². The van der Waals surface area contributed by atoms with E-state index in [1.54, 1.807) is 7.05 Å². The molecule has 0 atom stereocenters. The van der Waals surface area contributed by atoms with Crippen LogP contribution in [-0.4, -0.2) is 30.4 Å². The zero-order valence-electron chi connectivity index (χ0n) is 4.79. The van der Waals surface area contributed by atoms with E-state index < -0.39 is 0 Å². The number of aliphatic hydroxyl groups excluding tert-OH is 1. The zero-order chi connectivity index (χ0) is 6.41. The SMILES string of the molecule is C#CON(C)CCO. The van der Waals surface area contributed by atoms with E-state index in [0.29, 0.717) is 6.54 Å². The highest BCUT2D eigenvalue weighted by Gasteiger charge is 1.90. The summed E-state index contributed by atoms with van der Waals surface area (Å²) in [5.74, 6) is 0. The summed E-state index contributed by atoms with van der Waals surface area (Å²) < 4.78 is 0. The van der Waals surface area contributed by atoms with Gasteiger partial charge in [0.2, 0.25) is 0 Å². The van der Waals surface area contributed by atoms with Gasteiger partial charge < -0.3 is 9.94 Å². The van der Waals surface area contributed by atoms with Crippen LogP contribution in [0.2, 0.25) is 0 Å². The van der Waals surface area contributed by atoms with Gasteiger partial charge in [0, 0.05) is 7.05 Å².